The largest absolute Gasteiger partial charge is 0.416 e. The fourth-order valence-corrected chi connectivity index (χ4v) is 1.33. The molecule has 0 aliphatic carbocycles. The molecule has 0 radical (unpaired) electrons. The zero-order chi connectivity index (χ0) is 12.3. The van der Waals surface area contributed by atoms with Crippen LogP contribution in [0.1, 0.15) is 0 Å². The molecule has 2 aromatic heterocycles. The summed E-state index contributed by atoms with van der Waals surface area (Å²) in [4.78, 5) is 7.31. The second kappa shape index (κ2) is 4.82. The topological polar surface area (TPSA) is 35.0 Å². The zero-order valence-corrected chi connectivity index (χ0v) is 8.48. The molecule has 17 heavy (non-hydrogen) atoms. The normalized spacial score (nSPS) is 10.6. The highest BCUT2D eigenvalue weighted by atomic mass is 19.3. The number of ether oxygens (including phenoxy) is 1. The lowest BCUT2D eigenvalue weighted by atomic mass is 10.1. The molecule has 0 bridgehead atoms. The van der Waals surface area contributed by atoms with E-state index in [0.29, 0.717) is 5.56 Å². The Morgan fingerprint density at radius 3 is 2.71 bits per heavy atom. The standard InChI is InChI=1S/C11H7F3N2O/c12-8-4-9(7-2-1-3-15-5-7)10(16-6-8)17-11(13)14/h1-6,11H. The van der Waals surface area contributed by atoms with E-state index in [-0.39, 0.29) is 11.4 Å². The molecule has 0 fully saturated rings. The third-order valence-electron chi connectivity index (χ3n) is 1.99. The Kier molecular flexibility index (Phi) is 3.22. The first-order chi connectivity index (χ1) is 8.16. The number of halogens is 3. The van der Waals surface area contributed by atoms with Crippen LogP contribution in [0.5, 0.6) is 5.88 Å². The number of aromatic nitrogens is 2. The first kappa shape index (κ1) is 11.4. The average Bonchev–Trinajstić information content (AvgIpc) is 2.32. The van der Waals surface area contributed by atoms with Crippen molar-refractivity contribution in [2.24, 2.45) is 0 Å². The van der Waals surface area contributed by atoms with Gasteiger partial charge in [0.2, 0.25) is 5.88 Å². The third-order valence-corrected chi connectivity index (χ3v) is 1.99. The average molecular weight is 240 g/mol. The van der Waals surface area contributed by atoms with Gasteiger partial charge in [-0.1, -0.05) is 6.07 Å². The molecule has 0 saturated carbocycles. The summed E-state index contributed by atoms with van der Waals surface area (Å²) in [6.07, 6.45) is 3.75. The van der Waals surface area contributed by atoms with Gasteiger partial charge in [-0.3, -0.25) is 4.98 Å². The number of hydrogen-bond donors (Lipinski definition) is 0. The van der Waals surface area contributed by atoms with Crippen LogP contribution in [0.4, 0.5) is 13.2 Å². The van der Waals surface area contributed by atoms with Gasteiger partial charge in [0.15, 0.2) is 0 Å². The van der Waals surface area contributed by atoms with E-state index in [4.69, 9.17) is 0 Å². The van der Waals surface area contributed by atoms with Gasteiger partial charge in [-0.15, -0.1) is 0 Å². The summed E-state index contributed by atoms with van der Waals surface area (Å²) in [5.41, 5.74) is 0.591. The highest BCUT2D eigenvalue weighted by molar-refractivity contribution is 5.67. The van der Waals surface area contributed by atoms with E-state index >= 15 is 0 Å². The van der Waals surface area contributed by atoms with Crippen molar-refractivity contribution < 1.29 is 17.9 Å². The molecular weight excluding hydrogens is 233 g/mol. The second-order valence-electron chi connectivity index (χ2n) is 3.13. The summed E-state index contributed by atoms with van der Waals surface area (Å²) in [6, 6.07) is 4.27. The fraction of sp³-hybridized carbons (Fsp3) is 0.0909. The van der Waals surface area contributed by atoms with E-state index in [9.17, 15) is 13.2 Å². The van der Waals surface area contributed by atoms with Crippen LogP contribution in [0.25, 0.3) is 11.1 Å². The molecule has 0 atom stereocenters. The third kappa shape index (κ3) is 2.72. The van der Waals surface area contributed by atoms with Gasteiger partial charge in [0, 0.05) is 23.5 Å². The van der Waals surface area contributed by atoms with E-state index in [2.05, 4.69) is 14.7 Å². The first-order valence-corrected chi connectivity index (χ1v) is 4.67. The van der Waals surface area contributed by atoms with E-state index in [1.54, 1.807) is 12.1 Å². The molecule has 3 nitrogen and oxygen atoms in total. The van der Waals surface area contributed by atoms with E-state index < -0.39 is 12.4 Å². The Morgan fingerprint density at radius 1 is 1.24 bits per heavy atom. The molecule has 2 heterocycles. The molecule has 0 unspecified atom stereocenters. The van der Waals surface area contributed by atoms with Gasteiger partial charge in [-0.05, 0) is 12.1 Å². The Balaban J connectivity index is 2.47. The van der Waals surface area contributed by atoms with Crippen molar-refractivity contribution in [2.75, 3.05) is 0 Å². The molecule has 2 rings (SSSR count). The summed E-state index contributed by atoms with van der Waals surface area (Å²) >= 11 is 0. The molecule has 0 aromatic carbocycles. The highest BCUT2D eigenvalue weighted by Gasteiger charge is 2.13. The SMILES string of the molecule is Fc1cnc(OC(F)F)c(-c2cccnc2)c1. The minimum atomic E-state index is -3.01. The molecule has 0 saturated heterocycles. The lowest BCUT2D eigenvalue weighted by molar-refractivity contribution is -0.0524. The van der Waals surface area contributed by atoms with Crippen molar-refractivity contribution in [2.45, 2.75) is 6.61 Å². The molecule has 0 amide bonds. The maximum absolute atomic E-state index is 13.0. The predicted molar refractivity (Wildman–Crippen MR) is 54.1 cm³/mol. The summed E-state index contributed by atoms with van der Waals surface area (Å²) < 4.78 is 41.6. The number of hydrogen-bond acceptors (Lipinski definition) is 3. The van der Waals surface area contributed by atoms with Gasteiger partial charge in [0.25, 0.3) is 0 Å². The second-order valence-corrected chi connectivity index (χ2v) is 3.13. The minimum absolute atomic E-state index is 0.137. The van der Waals surface area contributed by atoms with Crippen molar-refractivity contribution in [1.29, 1.82) is 0 Å². The Bertz CT molecular complexity index is 505. The van der Waals surface area contributed by atoms with Crippen LogP contribution in [0, 0.1) is 5.82 Å². The number of alkyl halides is 2. The van der Waals surface area contributed by atoms with E-state index in [1.165, 1.54) is 12.4 Å². The van der Waals surface area contributed by atoms with E-state index in [1.807, 2.05) is 0 Å². The van der Waals surface area contributed by atoms with Gasteiger partial charge in [0.05, 0.1) is 6.20 Å². The smallest absolute Gasteiger partial charge is 0.388 e. The number of pyridine rings is 2. The monoisotopic (exact) mass is 240 g/mol. The molecule has 88 valence electrons. The van der Waals surface area contributed by atoms with Crippen molar-refractivity contribution in [1.82, 2.24) is 9.97 Å². The van der Waals surface area contributed by atoms with Crippen molar-refractivity contribution in [3.63, 3.8) is 0 Å². The summed E-state index contributed by atoms with van der Waals surface area (Å²) in [6.45, 7) is -3.01. The molecule has 6 heteroatoms. The molecule has 0 aliphatic heterocycles. The summed E-state index contributed by atoms with van der Waals surface area (Å²) in [7, 11) is 0. The lowest BCUT2D eigenvalue weighted by Crippen LogP contribution is -2.05. The fourth-order valence-electron chi connectivity index (χ4n) is 1.33. The quantitative estimate of drug-likeness (QED) is 0.827. The molecule has 0 N–H and O–H groups in total. The molecule has 0 spiro atoms. The van der Waals surface area contributed by atoms with E-state index in [0.717, 1.165) is 12.3 Å². The minimum Gasteiger partial charge on any atom is -0.416 e. The van der Waals surface area contributed by atoms with Gasteiger partial charge in [-0.2, -0.15) is 8.78 Å². The zero-order valence-electron chi connectivity index (χ0n) is 8.48. The van der Waals surface area contributed by atoms with Crippen LogP contribution in [0.2, 0.25) is 0 Å². The number of nitrogens with zero attached hydrogens (tertiary/aromatic N) is 2. The predicted octanol–water partition coefficient (Wildman–Crippen LogP) is 2.88. The Labute approximate surface area is 94.9 Å². The Morgan fingerprint density at radius 2 is 2.06 bits per heavy atom. The summed E-state index contributed by atoms with van der Waals surface area (Å²) in [5, 5.41) is 0. The van der Waals surface area contributed by atoms with Crippen LogP contribution in [0.15, 0.2) is 36.8 Å². The van der Waals surface area contributed by atoms with Crippen LogP contribution in [-0.2, 0) is 0 Å². The molecule has 0 aliphatic rings. The van der Waals surface area contributed by atoms with Gasteiger partial charge >= 0.3 is 6.61 Å². The van der Waals surface area contributed by atoms with Crippen molar-refractivity contribution in [3.8, 4) is 17.0 Å². The maximum Gasteiger partial charge on any atom is 0.388 e. The first-order valence-electron chi connectivity index (χ1n) is 4.67. The van der Waals surface area contributed by atoms with Crippen LogP contribution in [-0.4, -0.2) is 16.6 Å². The highest BCUT2D eigenvalue weighted by Crippen LogP contribution is 2.28. The lowest BCUT2D eigenvalue weighted by Gasteiger charge is -2.09. The van der Waals surface area contributed by atoms with Crippen molar-refractivity contribution >= 4 is 0 Å². The maximum atomic E-state index is 13.0. The van der Waals surface area contributed by atoms with Crippen LogP contribution < -0.4 is 4.74 Å². The van der Waals surface area contributed by atoms with Gasteiger partial charge in [-0.25, -0.2) is 9.37 Å². The molecule has 2 aromatic rings. The van der Waals surface area contributed by atoms with Crippen LogP contribution in [0.3, 0.4) is 0 Å². The van der Waals surface area contributed by atoms with Gasteiger partial charge in [0.1, 0.15) is 5.82 Å². The van der Waals surface area contributed by atoms with Crippen molar-refractivity contribution in [3.05, 3.63) is 42.6 Å². The summed E-state index contributed by atoms with van der Waals surface area (Å²) in [5.74, 6) is -0.958. The van der Waals surface area contributed by atoms with Gasteiger partial charge < -0.3 is 4.74 Å². The van der Waals surface area contributed by atoms with Crippen LogP contribution >= 0.6 is 0 Å². The number of rotatable bonds is 3. The Hall–Kier alpha value is -2.11. The molecular formula is C11H7F3N2O.